The van der Waals surface area contributed by atoms with Crippen LogP contribution in [0.3, 0.4) is 0 Å². The summed E-state index contributed by atoms with van der Waals surface area (Å²) in [6, 6.07) is 21.3. The van der Waals surface area contributed by atoms with Gasteiger partial charge in [-0.2, -0.15) is 17.9 Å². The number of aromatic nitrogens is 1. The molecule has 1 aromatic heterocycles. The summed E-state index contributed by atoms with van der Waals surface area (Å²) >= 11 is 6.21. The summed E-state index contributed by atoms with van der Waals surface area (Å²) in [6.45, 7) is 3.56. The highest BCUT2D eigenvalue weighted by Gasteiger charge is 2.42. The van der Waals surface area contributed by atoms with E-state index >= 15 is 0 Å². The molecule has 0 radical (unpaired) electrons. The number of sulfonamides is 1. The molecule has 3 aromatic carbocycles. The lowest BCUT2D eigenvalue weighted by Gasteiger charge is -2.35. The van der Waals surface area contributed by atoms with Crippen LogP contribution in [0.1, 0.15) is 33.5 Å². The molecule has 192 valence electrons. The van der Waals surface area contributed by atoms with E-state index in [9.17, 15) is 21.6 Å². The van der Waals surface area contributed by atoms with E-state index in [0.29, 0.717) is 11.1 Å². The van der Waals surface area contributed by atoms with E-state index in [1.165, 1.54) is 24.3 Å². The number of alkyl halides is 3. The van der Waals surface area contributed by atoms with Gasteiger partial charge in [-0.25, -0.2) is 8.42 Å². The molecule has 37 heavy (non-hydrogen) atoms. The fraction of sp³-hybridized carbons (Fsp3) is 0.179. The zero-order valence-electron chi connectivity index (χ0n) is 20.1. The molecule has 9 heteroatoms. The third kappa shape index (κ3) is 5.87. The summed E-state index contributed by atoms with van der Waals surface area (Å²) in [7, 11) is -4.29. The minimum absolute atomic E-state index is 0.00400. The van der Waals surface area contributed by atoms with Gasteiger partial charge in [0, 0.05) is 17.6 Å². The third-order valence-electron chi connectivity index (χ3n) is 6.11. The number of aryl methyl sites for hydroxylation is 2. The molecule has 4 nitrogen and oxygen atoms in total. The second-order valence-electron chi connectivity index (χ2n) is 8.88. The predicted molar refractivity (Wildman–Crippen MR) is 138 cm³/mol. The first-order valence-electron chi connectivity index (χ1n) is 11.4. The zero-order chi connectivity index (χ0) is 26.8. The Morgan fingerprint density at radius 2 is 1.57 bits per heavy atom. The second kappa shape index (κ2) is 10.3. The van der Waals surface area contributed by atoms with Crippen LogP contribution >= 0.6 is 11.6 Å². The van der Waals surface area contributed by atoms with Crippen LogP contribution in [0.2, 0.25) is 5.02 Å². The molecular formula is C28H24ClF3N2O2S. The molecular weight excluding hydrogens is 521 g/mol. The molecule has 1 unspecified atom stereocenters. The Labute approximate surface area is 219 Å². The molecule has 0 saturated carbocycles. The van der Waals surface area contributed by atoms with Crippen LogP contribution in [0.4, 0.5) is 13.2 Å². The Morgan fingerprint density at radius 3 is 2.19 bits per heavy atom. The topological polar surface area (TPSA) is 59.1 Å². The van der Waals surface area contributed by atoms with Crippen molar-refractivity contribution in [3.63, 3.8) is 0 Å². The van der Waals surface area contributed by atoms with Crippen LogP contribution in [-0.2, 0) is 28.2 Å². The van der Waals surface area contributed by atoms with Gasteiger partial charge in [-0.15, -0.1) is 0 Å². The van der Waals surface area contributed by atoms with Gasteiger partial charge >= 0.3 is 6.18 Å². The molecule has 0 amide bonds. The summed E-state index contributed by atoms with van der Waals surface area (Å²) in [4.78, 5) is 4.38. The van der Waals surface area contributed by atoms with Crippen LogP contribution in [0.15, 0.2) is 96.0 Å². The fourth-order valence-electron chi connectivity index (χ4n) is 4.10. The van der Waals surface area contributed by atoms with E-state index in [-0.39, 0.29) is 27.6 Å². The second-order valence-corrected chi connectivity index (χ2v) is 11.0. The summed E-state index contributed by atoms with van der Waals surface area (Å²) in [5.74, 6) is 0. The maximum Gasteiger partial charge on any atom is 0.416 e. The van der Waals surface area contributed by atoms with Crippen molar-refractivity contribution < 1.29 is 21.6 Å². The number of rotatable bonds is 7. The Kier molecular flexibility index (Phi) is 7.46. The lowest BCUT2D eigenvalue weighted by molar-refractivity contribution is -0.137. The number of halogens is 4. The molecule has 0 bridgehead atoms. The minimum Gasteiger partial charge on any atom is -0.259 e. The number of nitrogens with zero attached hydrogens (tertiary/aromatic N) is 1. The summed E-state index contributed by atoms with van der Waals surface area (Å²) < 4.78 is 71.6. The number of benzene rings is 3. The van der Waals surface area contributed by atoms with Gasteiger partial charge in [0.25, 0.3) is 0 Å². The number of pyridine rings is 1. The molecule has 0 fully saturated rings. The predicted octanol–water partition coefficient (Wildman–Crippen LogP) is 6.84. The van der Waals surface area contributed by atoms with Crippen LogP contribution in [0, 0.1) is 13.8 Å². The van der Waals surface area contributed by atoms with E-state index in [1.807, 2.05) is 6.92 Å². The lowest BCUT2D eigenvalue weighted by Crippen LogP contribution is -2.49. The van der Waals surface area contributed by atoms with Gasteiger partial charge in [0.05, 0.1) is 16.2 Å². The Bertz CT molecular complexity index is 1510. The van der Waals surface area contributed by atoms with Crippen molar-refractivity contribution in [3.8, 4) is 0 Å². The van der Waals surface area contributed by atoms with Crippen molar-refractivity contribution in [2.45, 2.75) is 36.9 Å². The number of hydrogen-bond donors (Lipinski definition) is 1. The van der Waals surface area contributed by atoms with Gasteiger partial charge in [-0.1, -0.05) is 66.2 Å². The van der Waals surface area contributed by atoms with Gasteiger partial charge in [-0.05, 0) is 66.4 Å². The molecule has 1 N–H and O–H groups in total. The summed E-state index contributed by atoms with van der Waals surface area (Å²) in [6.07, 6.45) is -3.07. The average Bonchev–Trinajstić information content (AvgIpc) is 2.85. The quantitative estimate of drug-likeness (QED) is 0.277. The van der Waals surface area contributed by atoms with Crippen molar-refractivity contribution in [1.82, 2.24) is 9.71 Å². The maximum atomic E-state index is 13.8. The van der Waals surface area contributed by atoms with E-state index in [4.69, 9.17) is 11.6 Å². The van der Waals surface area contributed by atoms with E-state index < -0.39 is 27.3 Å². The van der Waals surface area contributed by atoms with Crippen molar-refractivity contribution in [3.05, 3.63) is 130 Å². The first kappa shape index (κ1) is 26.9. The van der Waals surface area contributed by atoms with E-state index in [0.717, 1.165) is 17.7 Å². The molecule has 0 aliphatic rings. The van der Waals surface area contributed by atoms with E-state index in [2.05, 4.69) is 9.71 Å². The standard InChI is InChI=1S/C28H24ClF3N2O2S/c1-19-11-14-26(33-18-19)27(17-21-7-4-3-5-8-21,22-9-6-10-23(15-22)28(30,31)32)34-37(35,36)24-13-12-20(2)25(29)16-24/h3-16,18,34H,17H2,1-2H3. The molecule has 1 atom stereocenters. The van der Waals surface area contributed by atoms with Gasteiger partial charge in [0.1, 0.15) is 5.54 Å². The maximum absolute atomic E-state index is 13.8. The average molecular weight is 545 g/mol. The summed E-state index contributed by atoms with van der Waals surface area (Å²) in [5, 5.41) is 0.254. The molecule has 0 aliphatic heterocycles. The lowest BCUT2D eigenvalue weighted by atomic mass is 9.81. The van der Waals surface area contributed by atoms with Gasteiger partial charge in [0.15, 0.2) is 0 Å². The highest BCUT2D eigenvalue weighted by Crippen LogP contribution is 2.38. The molecule has 1 heterocycles. The Balaban J connectivity index is 2.00. The SMILES string of the molecule is Cc1ccc(C(Cc2ccccc2)(NS(=O)(=O)c2ccc(C)c(Cl)c2)c2cccc(C(F)(F)F)c2)nc1. The molecule has 0 saturated heterocycles. The molecule has 0 spiro atoms. The van der Waals surface area contributed by atoms with Crippen LogP contribution in [0.5, 0.6) is 0 Å². The highest BCUT2D eigenvalue weighted by atomic mass is 35.5. The number of hydrogen-bond acceptors (Lipinski definition) is 3. The molecule has 4 rings (SSSR count). The molecule has 4 aromatic rings. The van der Waals surface area contributed by atoms with Crippen molar-refractivity contribution in [1.29, 1.82) is 0 Å². The van der Waals surface area contributed by atoms with Crippen LogP contribution in [-0.4, -0.2) is 13.4 Å². The largest absolute Gasteiger partial charge is 0.416 e. The van der Waals surface area contributed by atoms with Crippen molar-refractivity contribution in [2.24, 2.45) is 0 Å². The first-order valence-corrected chi connectivity index (χ1v) is 13.2. The van der Waals surface area contributed by atoms with Crippen LogP contribution in [0.25, 0.3) is 0 Å². The summed E-state index contributed by atoms with van der Waals surface area (Å²) in [5.41, 5.74) is -0.0118. The van der Waals surface area contributed by atoms with Crippen LogP contribution < -0.4 is 4.72 Å². The minimum atomic E-state index is -4.63. The van der Waals surface area contributed by atoms with Crippen molar-refractivity contribution in [2.75, 3.05) is 0 Å². The smallest absolute Gasteiger partial charge is 0.259 e. The highest BCUT2D eigenvalue weighted by molar-refractivity contribution is 7.89. The zero-order valence-corrected chi connectivity index (χ0v) is 21.6. The fourth-order valence-corrected chi connectivity index (χ4v) is 5.74. The Hall–Kier alpha value is -3.20. The van der Waals surface area contributed by atoms with Crippen molar-refractivity contribution >= 4 is 21.6 Å². The number of nitrogens with one attached hydrogen (secondary N) is 1. The van der Waals surface area contributed by atoms with E-state index in [1.54, 1.807) is 61.7 Å². The van der Waals surface area contributed by atoms with Gasteiger partial charge in [-0.3, -0.25) is 4.98 Å². The Morgan fingerprint density at radius 1 is 0.865 bits per heavy atom. The molecule has 0 aliphatic carbocycles. The first-order chi connectivity index (χ1) is 17.4. The van der Waals surface area contributed by atoms with Gasteiger partial charge < -0.3 is 0 Å². The monoisotopic (exact) mass is 544 g/mol. The third-order valence-corrected chi connectivity index (χ3v) is 8.00. The van der Waals surface area contributed by atoms with Gasteiger partial charge in [0.2, 0.25) is 10.0 Å². The normalized spacial score (nSPS) is 13.8.